The Hall–Kier alpha value is -1.42. The average Bonchev–Trinajstić information content (AvgIpc) is 2.53. The lowest BCUT2D eigenvalue weighted by molar-refractivity contribution is -0.116. The van der Waals surface area contributed by atoms with Crippen molar-refractivity contribution in [3.63, 3.8) is 0 Å². The molecule has 1 aliphatic rings. The Labute approximate surface area is 106 Å². The molecule has 1 aliphatic heterocycles. The van der Waals surface area contributed by atoms with Crippen molar-refractivity contribution in [2.45, 2.75) is 39.7 Å². The summed E-state index contributed by atoms with van der Waals surface area (Å²) in [7, 11) is 0. The summed E-state index contributed by atoms with van der Waals surface area (Å²) < 4.78 is 13.6. The Bertz CT molecular complexity index is 505. The van der Waals surface area contributed by atoms with Crippen molar-refractivity contribution >= 4 is 11.6 Å². The van der Waals surface area contributed by atoms with E-state index in [2.05, 4.69) is 5.32 Å². The molecule has 0 aromatic heterocycles. The van der Waals surface area contributed by atoms with Crippen LogP contribution in [-0.4, -0.2) is 11.0 Å². The van der Waals surface area contributed by atoms with Gasteiger partial charge in [0, 0.05) is 5.56 Å². The molecule has 1 amide bonds. The van der Waals surface area contributed by atoms with Gasteiger partial charge in [-0.3, -0.25) is 4.79 Å². The number of rotatable bonds is 1. The van der Waals surface area contributed by atoms with Crippen LogP contribution in [0.4, 0.5) is 10.1 Å². The summed E-state index contributed by atoms with van der Waals surface area (Å²) in [4.78, 5) is 11.7. The molecule has 0 aliphatic carbocycles. The van der Waals surface area contributed by atoms with Crippen molar-refractivity contribution in [2.24, 2.45) is 5.41 Å². The first-order chi connectivity index (χ1) is 8.21. The molecule has 0 bridgehead atoms. The van der Waals surface area contributed by atoms with E-state index in [1.54, 1.807) is 6.92 Å². The highest BCUT2D eigenvalue weighted by molar-refractivity contribution is 6.03. The topological polar surface area (TPSA) is 49.3 Å². The van der Waals surface area contributed by atoms with Crippen molar-refractivity contribution in [1.82, 2.24) is 0 Å². The van der Waals surface area contributed by atoms with E-state index in [4.69, 9.17) is 0 Å². The first-order valence-electron chi connectivity index (χ1n) is 6.04. The minimum absolute atomic E-state index is 0.155. The number of anilines is 1. The van der Waals surface area contributed by atoms with Crippen LogP contribution in [0, 0.1) is 11.2 Å². The molecular weight excluding hydrogens is 233 g/mol. The van der Waals surface area contributed by atoms with Gasteiger partial charge in [0.25, 0.3) is 0 Å². The lowest BCUT2D eigenvalue weighted by atomic mass is 9.83. The van der Waals surface area contributed by atoms with Crippen LogP contribution in [0.2, 0.25) is 0 Å². The van der Waals surface area contributed by atoms with Gasteiger partial charge in [-0.25, -0.2) is 4.39 Å². The summed E-state index contributed by atoms with van der Waals surface area (Å²) >= 11 is 0. The van der Waals surface area contributed by atoms with Crippen LogP contribution in [0.25, 0.3) is 0 Å². The molecule has 4 heteroatoms. The van der Waals surface area contributed by atoms with E-state index < -0.39 is 17.3 Å². The van der Waals surface area contributed by atoms with Crippen LogP contribution < -0.4 is 5.32 Å². The number of amides is 1. The summed E-state index contributed by atoms with van der Waals surface area (Å²) in [6.07, 6.45) is -0.826. The first kappa shape index (κ1) is 13.0. The van der Waals surface area contributed by atoms with Gasteiger partial charge in [-0.2, -0.15) is 0 Å². The van der Waals surface area contributed by atoms with E-state index in [0.717, 1.165) is 0 Å². The number of fused-ring (bicyclic) bond motifs is 1. The second-order valence-electron chi connectivity index (χ2n) is 5.94. The summed E-state index contributed by atoms with van der Waals surface area (Å²) in [5, 5.41) is 13.0. The third-order valence-electron chi connectivity index (χ3n) is 3.39. The lowest BCUT2D eigenvalue weighted by Gasteiger charge is -2.27. The molecule has 1 aromatic rings. The summed E-state index contributed by atoms with van der Waals surface area (Å²) in [6.45, 7) is 7.34. The number of hydrogen-bond donors (Lipinski definition) is 2. The number of carbonyl (C=O) groups excluding carboxylic acids is 1. The standard InChI is InChI=1S/C14H18FNO2/c1-7-9-5-8(15)6-10(11(9)16-13(7)18)12(17)14(2,3)4/h5-7,12,17H,1-4H3,(H,16,18). The molecule has 2 N–H and O–H groups in total. The molecule has 0 spiro atoms. The molecule has 3 nitrogen and oxygen atoms in total. The van der Waals surface area contributed by atoms with Crippen LogP contribution >= 0.6 is 0 Å². The first-order valence-corrected chi connectivity index (χ1v) is 6.04. The minimum Gasteiger partial charge on any atom is -0.388 e. The number of carbonyl (C=O) groups is 1. The predicted octanol–water partition coefficient (Wildman–Crippen LogP) is 2.96. The molecule has 98 valence electrons. The number of nitrogens with one attached hydrogen (secondary N) is 1. The number of aliphatic hydroxyl groups is 1. The molecule has 0 saturated carbocycles. The van der Waals surface area contributed by atoms with Crippen molar-refractivity contribution < 1.29 is 14.3 Å². The van der Waals surface area contributed by atoms with Crippen LogP contribution in [-0.2, 0) is 4.79 Å². The van der Waals surface area contributed by atoms with Gasteiger partial charge in [-0.15, -0.1) is 0 Å². The van der Waals surface area contributed by atoms with Crippen LogP contribution in [0.1, 0.15) is 50.8 Å². The summed E-state index contributed by atoms with van der Waals surface area (Å²) in [6, 6.07) is 2.66. The maximum atomic E-state index is 13.6. The zero-order valence-electron chi connectivity index (χ0n) is 11.0. The van der Waals surface area contributed by atoms with Crippen LogP contribution in [0.15, 0.2) is 12.1 Å². The second-order valence-corrected chi connectivity index (χ2v) is 5.94. The smallest absolute Gasteiger partial charge is 0.231 e. The molecule has 1 aromatic carbocycles. The zero-order chi connectivity index (χ0) is 13.7. The van der Waals surface area contributed by atoms with Gasteiger partial charge in [0.2, 0.25) is 5.91 Å². The number of aliphatic hydroxyl groups excluding tert-OH is 1. The fraction of sp³-hybridized carbons (Fsp3) is 0.500. The molecule has 18 heavy (non-hydrogen) atoms. The predicted molar refractivity (Wildman–Crippen MR) is 67.9 cm³/mol. The highest BCUT2D eigenvalue weighted by Gasteiger charge is 2.34. The third-order valence-corrected chi connectivity index (χ3v) is 3.39. The van der Waals surface area contributed by atoms with Crippen LogP contribution in [0.3, 0.4) is 0 Å². The normalized spacial score (nSPS) is 20.6. The van der Waals surface area contributed by atoms with E-state index >= 15 is 0 Å². The maximum Gasteiger partial charge on any atom is 0.231 e. The van der Waals surface area contributed by atoms with E-state index in [1.807, 2.05) is 20.8 Å². The maximum absolute atomic E-state index is 13.6. The molecule has 0 saturated heterocycles. The van der Waals surface area contributed by atoms with Crippen molar-refractivity contribution in [1.29, 1.82) is 0 Å². The number of halogens is 1. The van der Waals surface area contributed by atoms with E-state index in [-0.39, 0.29) is 11.8 Å². The fourth-order valence-corrected chi connectivity index (χ4v) is 2.19. The molecule has 0 radical (unpaired) electrons. The van der Waals surface area contributed by atoms with E-state index in [0.29, 0.717) is 16.8 Å². The SMILES string of the molecule is CC1C(=O)Nc2c1cc(F)cc2C(O)C(C)(C)C. The Morgan fingerprint density at radius 2 is 2.00 bits per heavy atom. The van der Waals surface area contributed by atoms with E-state index in [9.17, 15) is 14.3 Å². The molecule has 0 fully saturated rings. The van der Waals surface area contributed by atoms with Gasteiger partial charge >= 0.3 is 0 Å². The average molecular weight is 251 g/mol. The van der Waals surface area contributed by atoms with Crippen molar-refractivity contribution in [3.05, 3.63) is 29.1 Å². The third kappa shape index (κ3) is 2.01. The highest BCUT2D eigenvalue weighted by Crippen LogP contribution is 2.43. The van der Waals surface area contributed by atoms with Gasteiger partial charge < -0.3 is 10.4 Å². The van der Waals surface area contributed by atoms with Crippen LogP contribution in [0.5, 0.6) is 0 Å². The molecule has 2 unspecified atom stereocenters. The van der Waals surface area contributed by atoms with Crippen molar-refractivity contribution in [2.75, 3.05) is 5.32 Å². The Morgan fingerprint density at radius 1 is 1.39 bits per heavy atom. The fourth-order valence-electron chi connectivity index (χ4n) is 2.19. The quantitative estimate of drug-likeness (QED) is 0.806. The molecule has 2 rings (SSSR count). The monoisotopic (exact) mass is 251 g/mol. The Kier molecular flexibility index (Phi) is 2.93. The lowest BCUT2D eigenvalue weighted by Crippen LogP contribution is -2.19. The van der Waals surface area contributed by atoms with Gasteiger partial charge in [0.1, 0.15) is 5.82 Å². The van der Waals surface area contributed by atoms with Gasteiger partial charge in [-0.1, -0.05) is 20.8 Å². The number of hydrogen-bond acceptors (Lipinski definition) is 2. The van der Waals surface area contributed by atoms with Gasteiger partial charge in [-0.05, 0) is 30.0 Å². The zero-order valence-corrected chi connectivity index (χ0v) is 11.0. The summed E-state index contributed by atoms with van der Waals surface area (Å²) in [5.74, 6) is -0.949. The van der Waals surface area contributed by atoms with E-state index in [1.165, 1.54) is 12.1 Å². The molecule has 2 atom stereocenters. The second kappa shape index (κ2) is 4.05. The minimum atomic E-state index is -0.826. The Morgan fingerprint density at radius 3 is 2.56 bits per heavy atom. The van der Waals surface area contributed by atoms with Crippen molar-refractivity contribution in [3.8, 4) is 0 Å². The van der Waals surface area contributed by atoms with Gasteiger partial charge in [0.15, 0.2) is 0 Å². The number of benzene rings is 1. The summed E-state index contributed by atoms with van der Waals surface area (Å²) in [5.41, 5.74) is 1.22. The molecule has 1 heterocycles. The van der Waals surface area contributed by atoms with Gasteiger partial charge in [0.05, 0.1) is 17.7 Å². The molecular formula is C14H18FNO2. The largest absolute Gasteiger partial charge is 0.388 e. The Balaban J connectivity index is 2.58. The highest BCUT2D eigenvalue weighted by atomic mass is 19.1.